The lowest BCUT2D eigenvalue weighted by Crippen LogP contribution is -2.52. The third kappa shape index (κ3) is 1.78. The van der Waals surface area contributed by atoms with E-state index in [1.54, 1.807) is 12.3 Å². The number of fused-ring (bicyclic) bond motifs is 1. The van der Waals surface area contributed by atoms with E-state index in [2.05, 4.69) is 15.2 Å². The predicted molar refractivity (Wildman–Crippen MR) is 60.9 cm³/mol. The molecule has 0 bridgehead atoms. The van der Waals surface area contributed by atoms with Crippen molar-refractivity contribution in [1.82, 2.24) is 10.3 Å². The minimum atomic E-state index is -0.247. The topological polar surface area (TPSA) is 28.2 Å². The Morgan fingerprint density at radius 2 is 2.19 bits per heavy atom. The first-order valence-corrected chi connectivity index (χ1v) is 5.92. The van der Waals surface area contributed by atoms with E-state index in [1.807, 2.05) is 0 Å². The maximum atomic E-state index is 13.1. The number of halogens is 1. The van der Waals surface area contributed by atoms with E-state index < -0.39 is 0 Å². The predicted octanol–water partition coefficient (Wildman–Crippen LogP) is 1.41. The molecule has 1 aromatic heterocycles. The second-order valence-corrected chi connectivity index (χ2v) is 4.70. The third-order valence-corrected chi connectivity index (χ3v) is 3.75. The van der Waals surface area contributed by atoms with Gasteiger partial charge in [-0.1, -0.05) is 0 Å². The van der Waals surface area contributed by atoms with E-state index in [9.17, 15) is 4.39 Å². The van der Waals surface area contributed by atoms with Gasteiger partial charge in [0.05, 0.1) is 18.1 Å². The largest absolute Gasteiger partial charge is 0.370 e. The van der Waals surface area contributed by atoms with Gasteiger partial charge in [-0.25, -0.2) is 4.39 Å². The summed E-state index contributed by atoms with van der Waals surface area (Å²) in [6, 6.07) is 2.26. The Morgan fingerprint density at radius 3 is 2.94 bits per heavy atom. The number of aromatic nitrogens is 1. The van der Waals surface area contributed by atoms with Crippen molar-refractivity contribution < 1.29 is 4.39 Å². The first-order chi connectivity index (χ1) is 7.83. The number of hydrogen-bond acceptors (Lipinski definition) is 3. The van der Waals surface area contributed by atoms with E-state index in [-0.39, 0.29) is 5.82 Å². The van der Waals surface area contributed by atoms with Crippen LogP contribution in [0.15, 0.2) is 18.5 Å². The molecule has 2 fully saturated rings. The summed E-state index contributed by atoms with van der Waals surface area (Å²) in [5.74, 6) is 0.578. The van der Waals surface area contributed by atoms with Crippen molar-refractivity contribution in [2.24, 2.45) is 5.92 Å². The number of hydrogen-bond donors (Lipinski definition) is 1. The quantitative estimate of drug-likeness (QED) is 0.777. The van der Waals surface area contributed by atoms with Crippen molar-refractivity contribution in [3.63, 3.8) is 0 Å². The van der Waals surface area contributed by atoms with Gasteiger partial charge in [-0.15, -0.1) is 0 Å². The molecule has 0 spiro atoms. The highest BCUT2D eigenvalue weighted by Gasteiger charge is 2.32. The van der Waals surface area contributed by atoms with Crippen molar-refractivity contribution in [2.45, 2.75) is 18.9 Å². The van der Waals surface area contributed by atoms with Crippen LogP contribution in [0.2, 0.25) is 0 Å². The van der Waals surface area contributed by atoms with Crippen LogP contribution in [0.1, 0.15) is 12.8 Å². The maximum absolute atomic E-state index is 13.1. The summed E-state index contributed by atoms with van der Waals surface area (Å²) in [4.78, 5) is 6.16. The van der Waals surface area contributed by atoms with Crippen LogP contribution >= 0.6 is 0 Å². The second-order valence-electron chi connectivity index (χ2n) is 4.70. The van der Waals surface area contributed by atoms with Crippen LogP contribution in [0.5, 0.6) is 0 Å². The van der Waals surface area contributed by atoms with E-state index in [1.165, 1.54) is 12.6 Å². The van der Waals surface area contributed by atoms with Crippen LogP contribution in [0.4, 0.5) is 10.1 Å². The molecule has 0 radical (unpaired) electrons. The van der Waals surface area contributed by atoms with Crippen molar-refractivity contribution >= 4 is 5.69 Å². The van der Waals surface area contributed by atoms with Crippen LogP contribution in [0, 0.1) is 11.7 Å². The first kappa shape index (κ1) is 10.0. The molecule has 1 N–H and O–H groups in total. The molecule has 1 aromatic rings. The van der Waals surface area contributed by atoms with Gasteiger partial charge in [0.25, 0.3) is 0 Å². The lowest BCUT2D eigenvalue weighted by atomic mass is 9.88. The highest BCUT2D eigenvalue weighted by Crippen LogP contribution is 2.26. The maximum Gasteiger partial charge on any atom is 0.143 e. The number of nitrogens with zero attached hydrogens (tertiary/aromatic N) is 2. The smallest absolute Gasteiger partial charge is 0.143 e. The highest BCUT2D eigenvalue weighted by molar-refractivity contribution is 5.44. The van der Waals surface area contributed by atoms with Crippen molar-refractivity contribution in [3.8, 4) is 0 Å². The zero-order valence-corrected chi connectivity index (χ0v) is 9.19. The number of nitrogens with one attached hydrogen (secondary N) is 1. The lowest BCUT2D eigenvalue weighted by Gasteiger charge is -2.36. The van der Waals surface area contributed by atoms with Crippen LogP contribution in [0.25, 0.3) is 0 Å². The number of pyridine rings is 1. The van der Waals surface area contributed by atoms with Gasteiger partial charge in [-0.2, -0.15) is 0 Å². The SMILES string of the molecule is Fc1cncc(N2CCC3CNC3CC2)c1. The van der Waals surface area contributed by atoms with Crippen LogP contribution < -0.4 is 10.2 Å². The Hall–Kier alpha value is -1.16. The molecule has 86 valence electrons. The van der Waals surface area contributed by atoms with Gasteiger partial charge in [0.15, 0.2) is 0 Å². The van der Waals surface area contributed by atoms with Gasteiger partial charge >= 0.3 is 0 Å². The molecule has 2 aliphatic rings. The Labute approximate surface area is 94.7 Å². The summed E-state index contributed by atoms with van der Waals surface area (Å²) in [6.07, 6.45) is 5.37. The van der Waals surface area contributed by atoms with Crippen LogP contribution in [-0.2, 0) is 0 Å². The monoisotopic (exact) mass is 221 g/mol. The van der Waals surface area contributed by atoms with E-state index >= 15 is 0 Å². The Morgan fingerprint density at radius 1 is 1.31 bits per heavy atom. The molecule has 0 aromatic carbocycles. The van der Waals surface area contributed by atoms with Gasteiger partial charge in [0.2, 0.25) is 0 Å². The zero-order valence-electron chi connectivity index (χ0n) is 9.19. The number of anilines is 1. The average molecular weight is 221 g/mol. The Balaban J connectivity index is 1.74. The molecule has 3 heterocycles. The molecule has 3 rings (SSSR count). The number of rotatable bonds is 1. The summed E-state index contributed by atoms with van der Waals surface area (Å²) < 4.78 is 13.1. The molecule has 3 nitrogen and oxygen atoms in total. The van der Waals surface area contributed by atoms with Crippen molar-refractivity contribution in [2.75, 3.05) is 24.5 Å². The summed E-state index contributed by atoms with van der Waals surface area (Å²) in [5.41, 5.74) is 0.918. The molecule has 2 unspecified atom stereocenters. The second kappa shape index (κ2) is 4.01. The van der Waals surface area contributed by atoms with Gasteiger partial charge in [-0.05, 0) is 25.3 Å². The van der Waals surface area contributed by atoms with Crippen molar-refractivity contribution in [3.05, 3.63) is 24.3 Å². The summed E-state index contributed by atoms with van der Waals surface area (Å²) in [5, 5.41) is 3.45. The summed E-state index contributed by atoms with van der Waals surface area (Å²) in [7, 11) is 0. The van der Waals surface area contributed by atoms with Crippen LogP contribution in [0.3, 0.4) is 0 Å². The standard InChI is InChI=1S/C12H16FN3/c13-10-5-11(8-14-7-10)16-3-1-9-6-15-12(9)2-4-16/h5,7-9,12,15H,1-4,6H2. The first-order valence-electron chi connectivity index (χ1n) is 5.92. The molecule has 0 amide bonds. The fourth-order valence-corrected chi connectivity index (χ4v) is 2.65. The van der Waals surface area contributed by atoms with E-state index in [0.717, 1.165) is 37.7 Å². The molecule has 2 aliphatic heterocycles. The Bertz CT molecular complexity index is 368. The lowest BCUT2D eigenvalue weighted by molar-refractivity contribution is 0.226. The van der Waals surface area contributed by atoms with E-state index in [0.29, 0.717) is 6.04 Å². The molecule has 4 heteroatoms. The molecule has 0 saturated carbocycles. The molecular formula is C12H16FN3. The molecular weight excluding hydrogens is 205 g/mol. The fourth-order valence-electron chi connectivity index (χ4n) is 2.65. The summed E-state index contributed by atoms with van der Waals surface area (Å²) in [6.45, 7) is 3.17. The Kier molecular flexibility index (Phi) is 2.52. The normalized spacial score (nSPS) is 29.2. The fraction of sp³-hybridized carbons (Fsp3) is 0.583. The highest BCUT2D eigenvalue weighted by atomic mass is 19.1. The molecule has 0 aliphatic carbocycles. The molecule has 2 atom stereocenters. The van der Waals surface area contributed by atoms with Gasteiger partial charge in [0.1, 0.15) is 5.82 Å². The zero-order chi connectivity index (χ0) is 11.0. The summed E-state index contributed by atoms with van der Waals surface area (Å²) >= 11 is 0. The average Bonchev–Trinajstić information content (AvgIpc) is 2.38. The minimum absolute atomic E-state index is 0.247. The minimum Gasteiger partial charge on any atom is -0.370 e. The van der Waals surface area contributed by atoms with E-state index in [4.69, 9.17) is 0 Å². The van der Waals surface area contributed by atoms with Crippen LogP contribution in [-0.4, -0.2) is 30.7 Å². The van der Waals surface area contributed by atoms with Gasteiger partial charge in [0, 0.05) is 25.2 Å². The van der Waals surface area contributed by atoms with Gasteiger partial charge in [-0.3, -0.25) is 4.98 Å². The van der Waals surface area contributed by atoms with Gasteiger partial charge < -0.3 is 10.2 Å². The molecule has 16 heavy (non-hydrogen) atoms. The molecule has 2 saturated heterocycles. The van der Waals surface area contributed by atoms with Crippen molar-refractivity contribution in [1.29, 1.82) is 0 Å². The third-order valence-electron chi connectivity index (χ3n) is 3.75.